The minimum absolute atomic E-state index is 0.00499. The van der Waals surface area contributed by atoms with Crippen molar-refractivity contribution in [2.24, 2.45) is 0 Å². The Morgan fingerprint density at radius 2 is 1.79 bits per heavy atom. The number of hydrogen-bond donors (Lipinski definition) is 1. The lowest BCUT2D eigenvalue weighted by Gasteiger charge is -2.12. The van der Waals surface area contributed by atoms with Crippen molar-refractivity contribution in [1.82, 2.24) is 4.57 Å². The van der Waals surface area contributed by atoms with Gasteiger partial charge in [0.25, 0.3) is 5.56 Å². The summed E-state index contributed by atoms with van der Waals surface area (Å²) in [6.45, 7) is 3.94. The summed E-state index contributed by atoms with van der Waals surface area (Å²) in [5.41, 5.74) is 2.59. The van der Waals surface area contributed by atoms with Crippen LogP contribution < -0.4 is 10.9 Å². The average Bonchev–Trinajstić information content (AvgIpc) is 2.59. The van der Waals surface area contributed by atoms with Gasteiger partial charge in [-0.3, -0.25) is 9.59 Å². The molecule has 0 saturated heterocycles. The van der Waals surface area contributed by atoms with Crippen LogP contribution in [-0.2, 0) is 17.8 Å². The van der Waals surface area contributed by atoms with Gasteiger partial charge in [-0.05, 0) is 48.6 Å². The molecule has 0 aliphatic heterocycles. The van der Waals surface area contributed by atoms with Crippen LogP contribution in [0.3, 0.4) is 0 Å². The van der Waals surface area contributed by atoms with Crippen LogP contribution in [0.4, 0.5) is 5.69 Å². The molecule has 0 bridgehead atoms. The maximum absolute atomic E-state index is 12.6. The second-order valence-corrected chi connectivity index (χ2v) is 5.86. The molecule has 1 N–H and O–H groups in total. The lowest BCUT2D eigenvalue weighted by atomic mass is 10.1. The van der Waals surface area contributed by atoms with Crippen LogP contribution in [0.2, 0.25) is 0 Å². The van der Waals surface area contributed by atoms with Crippen LogP contribution in [0.5, 0.6) is 0 Å². The Bertz CT molecular complexity index is 940. The molecule has 24 heavy (non-hydrogen) atoms. The zero-order valence-corrected chi connectivity index (χ0v) is 13.9. The molecule has 122 valence electrons. The Balaban J connectivity index is 1.83. The summed E-state index contributed by atoms with van der Waals surface area (Å²) in [6, 6.07) is 17.1. The molecule has 3 rings (SSSR count). The molecule has 0 aliphatic rings. The summed E-state index contributed by atoms with van der Waals surface area (Å²) in [5, 5.41) is 4.37. The third-order valence-electron chi connectivity index (χ3n) is 4.17. The average molecular weight is 320 g/mol. The van der Waals surface area contributed by atoms with Gasteiger partial charge < -0.3 is 9.88 Å². The summed E-state index contributed by atoms with van der Waals surface area (Å²) in [5.74, 6) is -0.209. The van der Waals surface area contributed by atoms with E-state index in [0.717, 1.165) is 23.2 Å². The topological polar surface area (TPSA) is 51.1 Å². The Labute approximate surface area is 140 Å². The number of anilines is 1. The quantitative estimate of drug-likeness (QED) is 0.800. The number of fused-ring (bicyclic) bond motifs is 1. The lowest BCUT2D eigenvalue weighted by Crippen LogP contribution is -2.29. The Morgan fingerprint density at radius 3 is 2.50 bits per heavy atom. The number of amides is 1. The smallest absolute Gasteiger partial charge is 0.259 e. The first-order valence-corrected chi connectivity index (χ1v) is 8.06. The predicted molar refractivity (Wildman–Crippen MR) is 97.4 cm³/mol. The highest BCUT2D eigenvalue weighted by atomic mass is 16.2. The highest BCUT2D eigenvalue weighted by Gasteiger charge is 2.10. The van der Waals surface area contributed by atoms with Gasteiger partial charge in [-0.2, -0.15) is 0 Å². The van der Waals surface area contributed by atoms with Gasteiger partial charge in [0.1, 0.15) is 6.54 Å². The monoisotopic (exact) mass is 320 g/mol. The van der Waals surface area contributed by atoms with Gasteiger partial charge in [0.15, 0.2) is 0 Å². The molecule has 0 saturated carbocycles. The molecule has 1 heterocycles. The van der Waals surface area contributed by atoms with Crippen molar-refractivity contribution in [2.45, 2.75) is 26.8 Å². The van der Waals surface area contributed by atoms with Crippen molar-refractivity contribution < 1.29 is 4.79 Å². The van der Waals surface area contributed by atoms with Gasteiger partial charge in [0.05, 0.1) is 0 Å². The van der Waals surface area contributed by atoms with Crippen LogP contribution >= 0.6 is 0 Å². The van der Waals surface area contributed by atoms with Gasteiger partial charge in [-0.15, -0.1) is 0 Å². The first kappa shape index (κ1) is 16.0. The fourth-order valence-electron chi connectivity index (χ4n) is 2.79. The Hall–Kier alpha value is -2.88. The van der Waals surface area contributed by atoms with E-state index in [9.17, 15) is 9.59 Å². The fraction of sp³-hybridized carbons (Fsp3) is 0.200. The molecule has 0 unspecified atom stereocenters. The number of benzene rings is 2. The molecule has 2 aromatic carbocycles. The van der Waals surface area contributed by atoms with Crippen molar-refractivity contribution in [3.05, 3.63) is 76.2 Å². The van der Waals surface area contributed by atoms with E-state index in [1.807, 2.05) is 55.5 Å². The molecular formula is C20H20N2O2. The summed E-state index contributed by atoms with van der Waals surface area (Å²) in [4.78, 5) is 24.9. The van der Waals surface area contributed by atoms with Crippen molar-refractivity contribution in [3.8, 4) is 0 Å². The van der Waals surface area contributed by atoms with Gasteiger partial charge in [-0.25, -0.2) is 0 Å². The minimum atomic E-state index is -0.209. The molecule has 1 aromatic heterocycles. The second-order valence-electron chi connectivity index (χ2n) is 5.86. The third kappa shape index (κ3) is 3.23. The zero-order chi connectivity index (χ0) is 17.1. The summed E-state index contributed by atoms with van der Waals surface area (Å²) >= 11 is 0. The number of nitrogens with zero attached hydrogens (tertiary/aromatic N) is 1. The van der Waals surface area contributed by atoms with Crippen LogP contribution in [0, 0.1) is 6.92 Å². The van der Waals surface area contributed by atoms with E-state index in [1.54, 1.807) is 6.07 Å². The van der Waals surface area contributed by atoms with E-state index in [-0.39, 0.29) is 18.0 Å². The Morgan fingerprint density at radius 1 is 1.08 bits per heavy atom. The van der Waals surface area contributed by atoms with E-state index in [0.29, 0.717) is 5.39 Å². The number of rotatable bonds is 4. The molecule has 1 amide bonds. The van der Waals surface area contributed by atoms with Crippen LogP contribution in [-0.4, -0.2) is 10.5 Å². The standard InChI is InChI=1S/C20H20N2O2/c1-3-15-8-10-17(11-9-15)21-19(23)13-22-14(2)12-16-6-4-5-7-18(16)20(22)24/h4-12H,3,13H2,1-2H3,(H,21,23). The number of nitrogens with one attached hydrogen (secondary N) is 1. The number of pyridine rings is 1. The predicted octanol–water partition coefficient (Wildman–Crippen LogP) is 3.51. The molecular weight excluding hydrogens is 300 g/mol. The van der Waals surface area contributed by atoms with E-state index in [2.05, 4.69) is 12.2 Å². The fourth-order valence-corrected chi connectivity index (χ4v) is 2.79. The molecule has 0 radical (unpaired) electrons. The molecule has 0 fully saturated rings. The van der Waals surface area contributed by atoms with E-state index in [4.69, 9.17) is 0 Å². The molecule has 0 spiro atoms. The normalized spacial score (nSPS) is 10.8. The van der Waals surface area contributed by atoms with Crippen molar-refractivity contribution in [2.75, 3.05) is 5.32 Å². The largest absolute Gasteiger partial charge is 0.325 e. The SMILES string of the molecule is CCc1ccc(NC(=O)Cn2c(C)cc3ccccc3c2=O)cc1. The maximum Gasteiger partial charge on any atom is 0.259 e. The molecule has 0 atom stereocenters. The molecule has 4 heteroatoms. The van der Waals surface area contributed by atoms with Crippen LogP contribution in [0.1, 0.15) is 18.2 Å². The zero-order valence-electron chi connectivity index (χ0n) is 13.9. The summed E-state index contributed by atoms with van der Waals surface area (Å²) in [7, 11) is 0. The number of carbonyl (C=O) groups excluding carboxylic acids is 1. The number of aryl methyl sites for hydroxylation is 2. The second kappa shape index (κ2) is 6.71. The number of carbonyl (C=O) groups is 1. The van der Waals surface area contributed by atoms with Gasteiger partial charge in [0, 0.05) is 16.8 Å². The lowest BCUT2D eigenvalue weighted by molar-refractivity contribution is -0.116. The highest BCUT2D eigenvalue weighted by molar-refractivity contribution is 5.91. The van der Waals surface area contributed by atoms with Gasteiger partial charge in [-0.1, -0.05) is 37.3 Å². The van der Waals surface area contributed by atoms with Gasteiger partial charge >= 0.3 is 0 Å². The summed E-state index contributed by atoms with van der Waals surface area (Å²) in [6.07, 6.45) is 0.958. The van der Waals surface area contributed by atoms with Crippen molar-refractivity contribution >= 4 is 22.4 Å². The maximum atomic E-state index is 12.6. The number of aromatic nitrogens is 1. The molecule has 3 aromatic rings. The highest BCUT2D eigenvalue weighted by Crippen LogP contribution is 2.13. The van der Waals surface area contributed by atoms with E-state index < -0.39 is 0 Å². The summed E-state index contributed by atoms with van der Waals surface area (Å²) < 4.78 is 1.51. The molecule has 4 nitrogen and oxygen atoms in total. The molecule has 0 aliphatic carbocycles. The van der Waals surface area contributed by atoms with Crippen molar-refractivity contribution in [1.29, 1.82) is 0 Å². The van der Waals surface area contributed by atoms with Crippen LogP contribution in [0.15, 0.2) is 59.4 Å². The van der Waals surface area contributed by atoms with E-state index in [1.165, 1.54) is 10.1 Å². The Kier molecular flexibility index (Phi) is 4.47. The van der Waals surface area contributed by atoms with Gasteiger partial charge in [0.2, 0.25) is 5.91 Å². The third-order valence-corrected chi connectivity index (χ3v) is 4.17. The van der Waals surface area contributed by atoms with Crippen LogP contribution in [0.25, 0.3) is 10.8 Å². The first-order valence-electron chi connectivity index (χ1n) is 8.06. The minimum Gasteiger partial charge on any atom is -0.325 e. The van der Waals surface area contributed by atoms with Crippen molar-refractivity contribution in [3.63, 3.8) is 0 Å². The number of hydrogen-bond acceptors (Lipinski definition) is 2. The first-order chi connectivity index (χ1) is 11.6. The van der Waals surface area contributed by atoms with E-state index >= 15 is 0 Å².